The van der Waals surface area contributed by atoms with E-state index in [1.807, 2.05) is 25.1 Å². The second kappa shape index (κ2) is 8.36. The fourth-order valence-electron chi connectivity index (χ4n) is 2.97. The summed E-state index contributed by atoms with van der Waals surface area (Å²) in [4.78, 5) is 25.2. The summed E-state index contributed by atoms with van der Waals surface area (Å²) in [5.41, 5.74) is 3.05. The molecule has 2 aromatic rings. The van der Waals surface area contributed by atoms with Gasteiger partial charge in [-0.25, -0.2) is 4.39 Å². The first-order valence-electron chi connectivity index (χ1n) is 8.56. The molecule has 6 heteroatoms. The Balaban J connectivity index is 1.52. The van der Waals surface area contributed by atoms with E-state index in [1.54, 1.807) is 12.1 Å². The number of nitrogens with one attached hydrogen (secondary N) is 1. The smallest absolute Gasteiger partial charge is 0.234 e. The van der Waals surface area contributed by atoms with Crippen molar-refractivity contribution in [2.75, 3.05) is 22.5 Å². The summed E-state index contributed by atoms with van der Waals surface area (Å²) in [6.45, 7) is 2.58. The van der Waals surface area contributed by atoms with Crippen molar-refractivity contribution in [3.8, 4) is 0 Å². The van der Waals surface area contributed by atoms with Gasteiger partial charge in [-0.3, -0.25) is 9.59 Å². The van der Waals surface area contributed by atoms with Crippen molar-refractivity contribution in [2.45, 2.75) is 25.5 Å². The highest BCUT2D eigenvalue weighted by Crippen LogP contribution is 2.27. The van der Waals surface area contributed by atoms with Crippen molar-refractivity contribution in [3.63, 3.8) is 0 Å². The average molecular weight is 372 g/mol. The zero-order valence-electron chi connectivity index (χ0n) is 14.6. The zero-order chi connectivity index (χ0) is 18.5. The molecular formula is C20H21FN2O2S. The van der Waals surface area contributed by atoms with Crippen molar-refractivity contribution in [1.82, 2.24) is 0 Å². The SMILES string of the molecule is Cc1cccc(CSCC(=O)Nc2ccc(N3CCCC3=O)c(F)c2)c1. The molecule has 1 aliphatic rings. The third-order valence-electron chi connectivity index (χ3n) is 4.18. The lowest BCUT2D eigenvalue weighted by molar-refractivity contribution is -0.117. The topological polar surface area (TPSA) is 49.4 Å². The van der Waals surface area contributed by atoms with E-state index in [1.165, 1.54) is 33.9 Å². The van der Waals surface area contributed by atoms with E-state index in [2.05, 4.69) is 11.4 Å². The molecule has 0 aromatic heterocycles. The van der Waals surface area contributed by atoms with Gasteiger partial charge in [-0.05, 0) is 37.1 Å². The van der Waals surface area contributed by atoms with E-state index >= 15 is 0 Å². The number of amides is 2. The van der Waals surface area contributed by atoms with Crippen LogP contribution in [0.15, 0.2) is 42.5 Å². The minimum atomic E-state index is -0.495. The molecule has 0 saturated carbocycles. The van der Waals surface area contributed by atoms with Crippen molar-refractivity contribution in [3.05, 3.63) is 59.4 Å². The zero-order valence-corrected chi connectivity index (χ0v) is 15.4. The summed E-state index contributed by atoms with van der Waals surface area (Å²) in [6.07, 6.45) is 1.20. The van der Waals surface area contributed by atoms with Gasteiger partial charge in [-0.2, -0.15) is 0 Å². The quantitative estimate of drug-likeness (QED) is 0.829. The van der Waals surface area contributed by atoms with Crippen LogP contribution in [0.2, 0.25) is 0 Å². The molecule has 0 aliphatic carbocycles. The first-order chi connectivity index (χ1) is 12.5. The van der Waals surface area contributed by atoms with Gasteiger partial charge in [-0.15, -0.1) is 11.8 Å². The van der Waals surface area contributed by atoms with E-state index in [-0.39, 0.29) is 17.5 Å². The van der Waals surface area contributed by atoms with Gasteiger partial charge in [0.15, 0.2) is 0 Å². The van der Waals surface area contributed by atoms with Crippen LogP contribution in [0.25, 0.3) is 0 Å². The van der Waals surface area contributed by atoms with Gasteiger partial charge in [0, 0.05) is 24.4 Å². The Morgan fingerprint density at radius 3 is 2.81 bits per heavy atom. The maximum absolute atomic E-state index is 14.3. The molecule has 2 aromatic carbocycles. The molecule has 136 valence electrons. The summed E-state index contributed by atoms with van der Waals surface area (Å²) in [6, 6.07) is 12.6. The predicted octanol–water partition coefficient (Wildman–Crippen LogP) is 4.13. The molecule has 26 heavy (non-hydrogen) atoms. The Morgan fingerprint density at radius 1 is 1.27 bits per heavy atom. The highest BCUT2D eigenvalue weighted by atomic mass is 32.2. The Bertz CT molecular complexity index is 825. The van der Waals surface area contributed by atoms with E-state index in [4.69, 9.17) is 0 Å². The lowest BCUT2D eigenvalue weighted by Gasteiger charge is -2.17. The molecule has 0 spiro atoms. The van der Waals surface area contributed by atoms with Crippen LogP contribution in [0.5, 0.6) is 0 Å². The van der Waals surface area contributed by atoms with E-state index in [0.29, 0.717) is 24.4 Å². The van der Waals surface area contributed by atoms with Crippen LogP contribution in [0.4, 0.5) is 15.8 Å². The molecule has 0 unspecified atom stereocenters. The molecule has 0 radical (unpaired) electrons. The summed E-state index contributed by atoms with van der Waals surface area (Å²) in [7, 11) is 0. The molecule has 1 N–H and O–H groups in total. The van der Waals surface area contributed by atoms with Crippen LogP contribution in [-0.2, 0) is 15.3 Å². The number of thioether (sulfide) groups is 1. The fraction of sp³-hybridized carbons (Fsp3) is 0.300. The van der Waals surface area contributed by atoms with Crippen molar-refractivity contribution < 1.29 is 14.0 Å². The molecule has 0 bridgehead atoms. The largest absolute Gasteiger partial charge is 0.325 e. The van der Waals surface area contributed by atoms with E-state index in [0.717, 1.165) is 12.2 Å². The summed E-state index contributed by atoms with van der Waals surface area (Å²) >= 11 is 1.51. The molecule has 1 aliphatic heterocycles. The number of rotatable bonds is 6. The highest BCUT2D eigenvalue weighted by molar-refractivity contribution is 7.99. The molecule has 2 amide bonds. The minimum Gasteiger partial charge on any atom is -0.325 e. The summed E-state index contributed by atoms with van der Waals surface area (Å²) in [5.74, 6) is 0.312. The monoisotopic (exact) mass is 372 g/mol. The molecular weight excluding hydrogens is 351 g/mol. The van der Waals surface area contributed by atoms with Gasteiger partial charge in [0.25, 0.3) is 0 Å². The fourth-order valence-corrected chi connectivity index (χ4v) is 3.74. The number of carbonyl (C=O) groups excluding carboxylic acids is 2. The van der Waals surface area contributed by atoms with E-state index in [9.17, 15) is 14.0 Å². The normalized spacial score (nSPS) is 13.9. The maximum atomic E-state index is 14.3. The molecule has 1 saturated heterocycles. The standard InChI is InChI=1S/C20H21FN2O2S/c1-14-4-2-5-15(10-14)12-26-13-19(24)22-16-7-8-18(17(21)11-16)23-9-3-6-20(23)25/h2,4-5,7-8,10-11H,3,6,9,12-13H2,1H3,(H,22,24). The van der Waals surface area contributed by atoms with Gasteiger partial charge in [0.05, 0.1) is 11.4 Å². The number of carbonyl (C=O) groups is 2. The van der Waals surface area contributed by atoms with Crippen LogP contribution in [0, 0.1) is 12.7 Å². The van der Waals surface area contributed by atoms with Crippen LogP contribution in [0.1, 0.15) is 24.0 Å². The molecule has 4 nitrogen and oxygen atoms in total. The first-order valence-corrected chi connectivity index (χ1v) is 9.71. The maximum Gasteiger partial charge on any atom is 0.234 e. The summed E-state index contributed by atoms with van der Waals surface area (Å²) in [5, 5.41) is 2.71. The number of nitrogens with zero attached hydrogens (tertiary/aromatic N) is 1. The number of aryl methyl sites for hydroxylation is 1. The van der Waals surface area contributed by atoms with Crippen LogP contribution < -0.4 is 10.2 Å². The van der Waals surface area contributed by atoms with Crippen molar-refractivity contribution >= 4 is 35.0 Å². The Labute approximate surface area is 156 Å². The minimum absolute atomic E-state index is 0.0618. The van der Waals surface area contributed by atoms with Gasteiger partial charge < -0.3 is 10.2 Å². The third kappa shape index (κ3) is 4.64. The number of benzene rings is 2. The number of halogens is 1. The van der Waals surface area contributed by atoms with Gasteiger partial charge >= 0.3 is 0 Å². The van der Waals surface area contributed by atoms with E-state index < -0.39 is 5.82 Å². The molecule has 1 fully saturated rings. The molecule has 3 rings (SSSR count). The van der Waals surface area contributed by atoms with Crippen LogP contribution in [-0.4, -0.2) is 24.1 Å². The second-order valence-electron chi connectivity index (χ2n) is 6.35. The van der Waals surface area contributed by atoms with Crippen molar-refractivity contribution in [2.24, 2.45) is 0 Å². The molecule has 1 heterocycles. The Kier molecular flexibility index (Phi) is 5.93. The lowest BCUT2D eigenvalue weighted by atomic mass is 10.2. The molecule has 0 atom stereocenters. The third-order valence-corrected chi connectivity index (χ3v) is 5.18. The predicted molar refractivity (Wildman–Crippen MR) is 104 cm³/mol. The summed E-state index contributed by atoms with van der Waals surface area (Å²) < 4.78 is 14.3. The Morgan fingerprint density at radius 2 is 2.12 bits per heavy atom. The lowest BCUT2D eigenvalue weighted by Crippen LogP contribution is -2.24. The number of hydrogen-bond donors (Lipinski definition) is 1. The highest BCUT2D eigenvalue weighted by Gasteiger charge is 2.24. The van der Waals surface area contributed by atoms with Crippen LogP contribution in [0.3, 0.4) is 0 Å². The van der Waals surface area contributed by atoms with Crippen molar-refractivity contribution in [1.29, 1.82) is 0 Å². The second-order valence-corrected chi connectivity index (χ2v) is 7.33. The number of anilines is 2. The number of hydrogen-bond acceptors (Lipinski definition) is 3. The first kappa shape index (κ1) is 18.5. The van der Waals surface area contributed by atoms with Crippen LogP contribution >= 0.6 is 11.8 Å². The Hall–Kier alpha value is -2.34. The average Bonchev–Trinajstić information content (AvgIpc) is 3.01. The van der Waals surface area contributed by atoms with Gasteiger partial charge in [0.2, 0.25) is 11.8 Å². The van der Waals surface area contributed by atoms with Gasteiger partial charge in [-0.1, -0.05) is 29.8 Å². The van der Waals surface area contributed by atoms with Gasteiger partial charge in [0.1, 0.15) is 5.82 Å².